The molecule has 0 aliphatic carbocycles. The van der Waals surface area contributed by atoms with Crippen molar-refractivity contribution in [3.8, 4) is 0 Å². The summed E-state index contributed by atoms with van der Waals surface area (Å²) in [5, 5.41) is 5.90. The highest BCUT2D eigenvalue weighted by Gasteiger charge is 2.18. The molecule has 0 radical (unpaired) electrons. The maximum absolute atomic E-state index is 12.5. The molecule has 4 nitrogen and oxygen atoms in total. The maximum atomic E-state index is 12.5. The molecule has 0 fully saturated rings. The molecule has 0 aliphatic heterocycles. The standard InChI is InChI=1S/C33H58N2O2/c1-5-6-7-8-9-10-11-12-13-14-15-16-17-18-19-20-21-22-23-28-31(36)34-30-27-25-24-26-29(30)32(37)35-33(2,3)4/h24-27H,5-23,28H2,1-4H3,(H,34,36)(H,35,37). The first kappa shape index (κ1) is 33.2. The van der Waals surface area contributed by atoms with E-state index in [1.807, 2.05) is 32.9 Å². The Labute approximate surface area is 229 Å². The number of para-hydroxylation sites is 1. The summed E-state index contributed by atoms with van der Waals surface area (Å²) in [7, 11) is 0. The normalized spacial score (nSPS) is 11.5. The van der Waals surface area contributed by atoms with Crippen LogP contribution >= 0.6 is 0 Å². The van der Waals surface area contributed by atoms with E-state index < -0.39 is 0 Å². The van der Waals surface area contributed by atoms with Crippen LogP contribution in [0.5, 0.6) is 0 Å². The van der Waals surface area contributed by atoms with Gasteiger partial charge in [0, 0.05) is 12.0 Å². The third-order valence-electron chi connectivity index (χ3n) is 6.94. The lowest BCUT2D eigenvalue weighted by Crippen LogP contribution is -2.40. The van der Waals surface area contributed by atoms with Gasteiger partial charge < -0.3 is 10.6 Å². The third-order valence-corrected chi connectivity index (χ3v) is 6.94. The number of nitrogens with one attached hydrogen (secondary N) is 2. The summed E-state index contributed by atoms with van der Waals surface area (Å²) in [4.78, 5) is 25.0. The van der Waals surface area contributed by atoms with Crippen molar-refractivity contribution in [2.24, 2.45) is 0 Å². The second-order valence-electron chi connectivity index (χ2n) is 11.9. The summed E-state index contributed by atoms with van der Waals surface area (Å²) in [6, 6.07) is 7.23. The van der Waals surface area contributed by atoms with Crippen molar-refractivity contribution in [1.82, 2.24) is 5.32 Å². The average molecular weight is 515 g/mol. The summed E-state index contributed by atoms with van der Waals surface area (Å²) < 4.78 is 0. The molecular weight excluding hydrogens is 456 g/mol. The molecule has 0 unspecified atom stereocenters. The van der Waals surface area contributed by atoms with Gasteiger partial charge in [0.1, 0.15) is 0 Å². The molecule has 0 saturated carbocycles. The molecular formula is C33H58N2O2. The van der Waals surface area contributed by atoms with Crippen LogP contribution in [0.15, 0.2) is 24.3 Å². The second-order valence-corrected chi connectivity index (χ2v) is 11.9. The molecule has 2 N–H and O–H groups in total. The second kappa shape index (κ2) is 21.1. The van der Waals surface area contributed by atoms with Crippen LogP contribution in [0.1, 0.15) is 166 Å². The topological polar surface area (TPSA) is 58.2 Å². The highest BCUT2D eigenvalue weighted by atomic mass is 16.2. The highest BCUT2D eigenvalue weighted by molar-refractivity contribution is 6.03. The van der Waals surface area contributed by atoms with Crippen molar-refractivity contribution in [3.05, 3.63) is 29.8 Å². The molecule has 0 bridgehead atoms. The Hall–Kier alpha value is -1.84. The zero-order valence-corrected chi connectivity index (χ0v) is 24.8. The van der Waals surface area contributed by atoms with Gasteiger partial charge >= 0.3 is 0 Å². The molecule has 0 aliphatic rings. The van der Waals surface area contributed by atoms with Crippen LogP contribution in [0, 0.1) is 0 Å². The molecule has 0 heterocycles. The van der Waals surface area contributed by atoms with Gasteiger partial charge in [-0.2, -0.15) is 0 Å². The van der Waals surface area contributed by atoms with Crippen molar-refractivity contribution in [2.45, 2.75) is 162 Å². The quantitative estimate of drug-likeness (QED) is 0.151. The molecule has 1 rings (SSSR count). The molecule has 0 atom stereocenters. The van der Waals surface area contributed by atoms with Crippen molar-refractivity contribution in [2.75, 3.05) is 5.32 Å². The number of rotatable bonds is 22. The van der Waals surface area contributed by atoms with E-state index in [0.717, 1.165) is 12.8 Å². The van der Waals surface area contributed by atoms with Crippen LogP contribution in [0.3, 0.4) is 0 Å². The Morgan fingerprint density at radius 2 is 1.03 bits per heavy atom. The summed E-state index contributed by atoms with van der Waals surface area (Å²) in [6.45, 7) is 8.13. The predicted octanol–water partition coefficient (Wildman–Crippen LogP) is 9.98. The van der Waals surface area contributed by atoms with E-state index >= 15 is 0 Å². The fourth-order valence-corrected chi connectivity index (χ4v) is 4.77. The number of unbranched alkanes of at least 4 members (excludes halogenated alkanes) is 18. The van der Waals surface area contributed by atoms with Crippen LogP contribution in [-0.4, -0.2) is 17.4 Å². The monoisotopic (exact) mass is 514 g/mol. The lowest BCUT2D eigenvalue weighted by Gasteiger charge is -2.21. The highest BCUT2D eigenvalue weighted by Crippen LogP contribution is 2.18. The van der Waals surface area contributed by atoms with Crippen LogP contribution in [0.25, 0.3) is 0 Å². The number of benzene rings is 1. The molecule has 1 aromatic carbocycles. The van der Waals surface area contributed by atoms with Gasteiger partial charge in [-0.05, 0) is 39.3 Å². The van der Waals surface area contributed by atoms with Gasteiger partial charge in [-0.15, -0.1) is 0 Å². The maximum Gasteiger partial charge on any atom is 0.253 e. The van der Waals surface area contributed by atoms with E-state index in [2.05, 4.69) is 17.6 Å². The molecule has 0 aromatic heterocycles. The number of carbonyl (C=O) groups excluding carboxylic acids is 2. The SMILES string of the molecule is CCCCCCCCCCCCCCCCCCCCCC(=O)Nc1ccccc1C(=O)NC(C)(C)C. The van der Waals surface area contributed by atoms with E-state index in [1.165, 1.54) is 109 Å². The smallest absolute Gasteiger partial charge is 0.253 e. The van der Waals surface area contributed by atoms with Crippen molar-refractivity contribution >= 4 is 17.5 Å². The van der Waals surface area contributed by atoms with Gasteiger partial charge in [-0.3, -0.25) is 9.59 Å². The molecule has 212 valence electrons. The van der Waals surface area contributed by atoms with Gasteiger partial charge in [-0.25, -0.2) is 0 Å². The lowest BCUT2D eigenvalue weighted by molar-refractivity contribution is -0.116. The van der Waals surface area contributed by atoms with Crippen LogP contribution in [0.2, 0.25) is 0 Å². The summed E-state index contributed by atoms with van der Waals surface area (Å²) >= 11 is 0. The Kier molecular flexibility index (Phi) is 19.0. The van der Waals surface area contributed by atoms with Gasteiger partial charge in [0.2, 0.25) is 5.91 Å². The van der Waals surface area contributed by atoms with E-state index in [9.17, 15) is 9.59 Å². The Bertz CT molecular complexity index is 723. The number of amides is 2. The van der Waals surface area contributed by atoms with E-state index in [0.29, 0.717) is 17.7 Å². The van der Waals surface area contributed by atoms with Crippen LogP contribution in [0.4, 0.5) is 5.69 Å². The fourth-order valence-electron chi connectivity index (χ4n) is 4.77. The minimum atomic E-state index is -0.319. The third kappa shape index (κ3) is 19.0. The van der Waals surface area contributed by atoms with Gasteiger partial charge in [-0.1, -0.05) is 135 Å². The van der Waals surface area contributed by atoms with Gasteiger partial charge in [0.15, 0.2) is 0 Å². The molecule has 0 saturated heterocycles. The zero-order valence-electron chi connectivity index (χ0n) is 24.8. The Morgan fingerprint density at radius 3 is 1.46 bits per heavy atom. The molecule has 4 heteroatoms. The van der Waals surface area contributed by atoms with E-state index in [4.69, 9.17) is 0 Å². The molecule has 2 amide bonds. The Balaban J connectivity index is 1.97. The predicted molar refractivity (Wildman–Crippen MR) is 160 cm³/mol. The Morgan fingerprint density at radius 1 is 0.622 bits per heavy atom. The van der Waals surface area contributed by atoms with Crippen LogP contribution in [-0.2, 0) is 4.79 Å². The van der Waals surface area contributed by atoms with E-state index in [-0.39, 0.29) is 17.4 Å². The number of hydrogen-bond acceptors (Lipinski definition) is 2. The summed E-state index contributed by atoms with van der Waals surface area (Å²) in [5.41, 5.74) is 0.784. The van der Waals surface area contributed by atoms with Crippen molar-refractivity contribution in [3.63, 3.8) is 0 Å². The first-order valence-electron chi connectivity index (χ1n) is 15.5. The van der Waals surface area contributed by atoms with E-state index in [1.54, 1.807) is 12.1 Å². The number of hydrogen-bond donors (Lipinski definition) is 2. The lowest BCUT2D eigenvalue weighted by atomic mass is 10.0. The molecule has 0 spiro atoms. The minimum absolute atomic E-state index is 0.0111. The minimum Gasteiger partial charge on any atom is -0.347 e. The average Bonchev–Trinajstić information content (AvgIpc) is 2.84. The number of carbonyl (C=O) groups is 2. The first-order chi connectivity index (χ1) is 17.8. The zero-order chi connectivity index (χ0) is 27.2. The summed E-state index contributed by atoms with van der Waals surface area (Å²) in [5.74, 6) is -0.171. The van der Waals surface area contributed by atoms with Crippen molar-refractivity contribution in [1.29, 1.82) is 0 Å². The van der Waals surface area contributed by atoms with Gasteiger partial charge in [0.05, 0.1) is 11.3 Å². The number of anilines is 1. The van der Waals surface area contributed by atoms with Gasteiger partial charge in [0.25, 0.3) is 5.91 Å². The molecule has 1 aromatic rings. The van der Waals surface area contributed by atoms with Crippen LogP contribution < -0.4 is 10.6 Å². The van der Waals surface area contributed by atoms with Crippen molar-refractivity contribution < 1.29 is 9.59 Å². The fraction of sp³-hybridized carbons (Fsp3) is 0.758. The first-order valence-corrected chi connectivity index (χ1v) is 15.5. The molecule has 37 heavy (non-hydrogen) atoms. The summed E-state index contributed by atoms with van der Waals surface area (Å²) in [6.07, 6.45) is 26.1. The largest absolute Gasteiger partial charge is 0.347 e.